The summed E-state index contributed by atoms with van der Waals surface area (Å²) in [6.45, 7) is 6.57. The Balaban J connectivity index is 1.51. The van der Waals surface area contributed by atoms with E-state index in [1.165, 1.54) is 4.68 Å². The van der Waals surface area contributed by atoms with Crippen LogP contribution in [0, 0.1) is 0 Å². The molecule has 0 aliphatic carbocycles. The zero-order valence-electron chi connectivity index (χ0n) is 19.9. The van der Waals surface area contributed by atoms with E-state index in [2.05, 4.69) is 37.0 Å². The monoisotopic (exact) mass is 611 g/mol. The minimum Gasteiger partial charge on any atom is -0.488 e. The summed E-state index contributed by atoms with van der Waals surface area (Å²) < 4.78 is 20.0. The molecule has 7 nitrogen and oxygen atoms in total. The zero-order chi connectivity index (χ0) is 25.4. The van der Waals surface area contributed by atoms with Gasteiger partial charge in [-0.05, 0) is 54.1 Å². The minimum absolute atomic E-state index is 0.226. The summed E-state index contributed by atoms with van der Waals surface area (Å²) in [5, 5.41) is 5.08. The number of benzene rings is 3. The molecule has 184 valence electrons. The summed E-state index contributed by atoms with van der Waals surface area (Å²) in [5.74, 6) is 2.63. The van der Waals surface area contributed by atoms with Gasteiger partial charge in [-0.15, -0.1) is 0 Å². The zero-order valence-corrected chi connectivity index (χ0v) is 23.1. The molecular formula is C27H23Br2N3O4. The number of hydrogen-bond donors (Lipinski definition) is 0. The Morgan fingerprint density at radius 2 is 1.78 bits per heavy atom. The Morgan fingerprint density at radius 1 is 1.03 bits per heavy atom. The maximum absolute atomic E-state index is 13.5. The van der Waals surface area contributed by atoms with Crippen molar-refractivity contribution in [3.63, 3.8) is 0 Å². The first-order valence-corrected chi connectivity index (χ1v) is 12.9. The molecule has 0 saturated heterocycles. The second-order valence-corrected chi connectivity index (χ2v) is 11.2. The van der Waals surface area contributed by atoms with Crippen molar-refractivity contribution in [1.82, 2.24) is 9.66 Å². The quantitative estimate of drug-likeness (QED) is 0.244. The third-order valence-electron chi connectivity index (χ3n) is 5.59. The molecule has 0 bridgehead atoms. The molecule has 0 fully saturated rings. The Labute approximate surface area is 225 Å². The maximum atomic E-state index is 13.5. The predicted molar refractivity (Wildman–Crippen MR) is 146 cm³/mol. The normalized spacial score (nSPS) is 13.0. The topological polar surface area (TPSA) is 74.9 Å². The van der Waals surface area contributed by atoms with Crippen molar-refractivity contribution < 1.29 is 14.2 Å². The van der Waals surface area contributed by atoms with E-state index >= 15 is 0 Å². The number of hydrogen-bond acceptors (Lipinski definition) is 6. The molecule has 0 saturated carbocycles. The van der Waals surface area contributed by atoms with Crippen LogP contribution in [0.2, 0.25) is 0 Å². The predicted octanol–water partition coefficient (Wildman–Crippen LogP) is 6.41. The molecule has 0 N–H and O–H groups in total. The van der Waals surface area contributed by atoms with Crippen LogP contribution in [-0.2, 0) is 12.0 Å². The van der Waals surface area contributed by atoms with Crippen LogP contribution < -0.4 is 19.8 Å². The molecule has 0 radical (unpaired) electrons. The molecule has 1 aliphatic rings. The fourth-order valence-electron chi connectivity index (χ4n) is 3.80. The van der Waals surface area contributed by atoms with Gasteiger partial charge in [-0.25, -0.2) is 4.98 Å². The molecule has 36 heavy (non-hydrogen) atoms. The summed E-state index contributed by atoms with van der Waals surface area (Å²) >= 11 is 6.96. The first-order chi connectivity index (χ1) is 17.2. The van der Waals surface area contributed by atoms with E-state index in [9.17, 15) is 4.79 Å². The summed E-state index contributed by atoms with van der Waals surface area (Å²) in [6, 6.07) is 16.8. The van der Waals surface area contributed by atoms with Crippen molar-refractivity contribution in [3.8, 4) is 17.2 Å². The van der Waals surface area contributed by atoms with Crippen LogP contribution in [0.1, 0.15) is 37.7 Å². The highest BCUT2D eigenvalue weighted by Crippen LogP contribution is 2.33. The van der Waals surface area contributed by atoms with Crippen LogP contribution in [0.4, 0.5) is 0 Å². The van der Waals surface area contributed by atoms with Crippen molar-refractivity contribution in [2.24, 2.45) is 5.10 Å². The van der Waals surface area contributed by atoms with Crippen LogP contribution in [0.15, 0.2) is 73.4 Å². The Kier molecular flexibility index (Phi) is 6.61. The van der Waals surface area contributed by atoms with E-state index in [4.69, 9.17) is 19.2 Å². The number of ether oxygens (including phenoxy) is 3. The number of rotatable bonds is 5. The second kappa shape index (κ2) is 9.71. The number of aromatic nitrogens is 2. The third kappa shape index (κ3) is 5.03. The van der Waals surface area contributed by atoms with E-state index in [0.29, 0.717) is 40.4 Å². The van der Waals surface area contributed by atoms with E-state index in [0.717, 1.165) is 20.3 Å². The lowest BCUT2D eigenvalue weighted by Gasteiger charge is -2.21. The number of halogens is 2. The molecule has 0 spiro atoms. The van der Waals surface area contributed by atoms with E-state index in [-0.39, 0.29) is 12.4 Å². The van der Waals surface area contributed by atoms with Crippen molar-refractivity contribution in [2.75, 3.05) is 6.79 Å². The van der Waals surface area contributed by atoms with E-state index in [1.807, 2.05) is 69.3 Å². The van der Waals surface area contributed by atoms with E-state index < -0.39 is 5.41 Å². The van der Waals surface area contributed by atoms with Crippen molar-refractivity contribution in [3.05, 3.63) is 90.8 Å². The maximum Gasteiger partial charge on any atom is 0.282 e. The standard InChI is InChI=1S/C27H23Br2N3O4/c1-27(2,3)26-31-21-7-5-19(29)12-20(21)25(33)32(26)30-13-17-11-18(28)6-9-22(17)34-14-16-4-8-23-24(10-16)36-15-35-23/h4-13H,14-15H2,1-3H3. The fraction of sp³-hybridized carbons (Fsp3) is 0.222. The van der Waals surface area contributed by atoms with Gasteiger partial charge in [-0.1, -0.05) is 58.7 Å². The van der Waals surface area contributed by atoms with Gasteiger partial charge in [-0.2, -0.15) is 9.78 Å². The first kappa shape index (κ1) is 24.5. The van der Waals surface area contributed by atoms with Gasteiger partial charge in [0, 0.05) is 19.9 Å². The van der Waals surface area contributed by atoms with Gasteiger partial charge in [-0.3, -0.25) is 4.79 Å². The second-order valence-electron chi connectivity index (χ2n) is 9.37. The average Bonchev–Trinajstić information content (AvgIpc) is 3.30. The van der Waals surface area contributed by atoms with Gasteiger partial charge in [0.05, 0.1) is 17.1 Å². The number of fused-ring (bicyclic) bond motifs is 2. The minimum atomic E-state index is -0.409. The lowest BCUT2D eigenvalue weighted by molar-refractivity contribution is 0.174. The fourth-order valence-corrected chi connectivity index (χ4v) is 4.54. The van der Waals surface area contributed by atoms with Gasteiger partial charge in [0.15, 0.2) is 11.5 Å². The van der Waals surface area contributed by atoms with Crippen molar-refractivity contribution >= 4 is 49.0 Å². The highest BCUT2D eigenvalue weighted by atomic mass is 79.9. The van der Waals surface area contributed by atoms with Crippen LogP contribution in [-0.4, -0.2) is 22.7 Å². The third-order valence-corrected chi connectivity index (χ3v) is 6.58. The molecule has 9 heteroatoms. The molecule has 0 atom stereocenters. The van der Waals surface area contributed by atoms with Crippen LogP contribution in [0.25, 0.3) is 10.9 Å². The molecule has 1 aliphatic heterocycles. The molecular weight excluding hydrogens is 590 g/mol. The molecule has 1 aromatic heterocycles. The van der Waals surface area contributed by atoms with Gasteiger partial charge in [0.25, 0.3) is 5.56 Å². The molecule has 4 aromatic rings. The van der Waals surface area contributed by atoms with E-state index in [1.54, 1.807) is 12.3 Å². The lowest BCUT2D eigenvalue weighted by atomic mass is 9.95. The van der Waals surface area contributed by atoms with Gasteiger partial charge < -0.3 is 14.2 Å². The first-order valence-electron chi connectivity index (χ1n) is 11.3. The number of nitrogens with zero attached hydrogens (tertiary/aromatic N) is 3. The smallest absolute Gasteiger partial charge is 0.282 e. The highest BCUT2D eigenvalue weighted by Gasteiger charge is 2.23. The van der Waals surface area contributed by atoms with Crippen molar-refractivity contribution in [2.45, 2.75) is 32.8 Å². The summed E-state index contributed by atoms with van der Waals surface area (Å²) in [7, 11) is 0. The summed E-state index contributed by atoms with van der Waals surface area (Å²) in [4.78, 5) is 18.2. The largest absolute Gasteiger partial charge is 0.488 e. The molecule has 5 rings (SSSR count). The van der Waals surface area contributed by atoms with Crippen molar-refractivity contribution in [1.29, 1.82) is 0 Å². The van der Waals surface area contributed by atoms with Crippen LogP contribution in [0.5, 0.6) is 17.2 Å². The van der Waals surface area contributed by atoms with Gasteiger partial charge in [0.2, 0.25) is 6.79 Å². The molecule has 0 amide bonds. The molecule has 3 aromatic carbocycles. The summed E-state index contributed by atoms with van der Waals surface area (Å²) in [6.07, 6.45) is 1.63. The molecule has 2 heterocycles. The Morgan fingerprint density at radius 3 is 2.58 bits per heavy atom. The Hall–Kier alpha value is -3.17. The van der Waals surface area contributed by atoms with Gasteiger partial charge in [0.1, 0.15) is 18.2 Å². The van der Waals surface area contributed by atoms with Crippen LogP contribution >= 0.6 is 31.9 Å². The summed E-state index contributed by atoms with van der Waals surface area (Å²) in [5.41, 5.74) is 1.65. The van der Waals surface area contributed by atoms with Gasteiger partial charge >= 0.3 is 0 Å². The lowest BCUT2D eigenvalue weighted by Crippen LogP contribution is -2.29. The van der Waals surface area contributed by atoms with Crippen LogP contribution in [0.3, 0.4) is 0 Å². The highest BCUT2D eigenvalue weighted by molar-refractivity contribution is 9.10. The SMILES string of the molecule is CC(C)(C)c1nc2ccc(Br)cc2c(=O)n1N=Cc1cc(Br)ccc1OCc1ccc2c(c1)OCO2. The Bertz CT molecular complexity index is 1560. The average molecular weight is 613 g/mol. The molecule has 0 unspecified atom stereocenters.